The van der Waals surface area contributed by atoms with E-state index in [-0.39, 0.29) is 16.3 Å². The summed E-state index contributed by atoms with van der Waals surface area (Å²) in [6, 6.07) is 22.1. The van der Waals surface area contributed by atoms with Gasteiger partial charge in [-0.25, -0.2) is 9.97 Å². The number of aromatic amines is 1. The van der Waals surface area contributed by atoms with E-state index in [4.69, 9.17) is 50.4 Å². The minimum absolute atomic E-state index is 0.0731. The zero-order valence-corrected chi connectivity index (χ0v) is 44.6. The zero-order valence-electron chi connectivity index (χ0n) is 43.0. The molecular weight excluding hydrogens is 972 g/mol. The first-order valence-corrected chi connectivity index (χ1v) is 25.4. The third kappa shape index (κ3) is 17.5. The number of pyridine rings is 1. The predicted molar refractivity (Wildman–Crippen MR) is 290 cm³/mol. The van der Waals surface area contributed by atoms with E-state index in [0.717, 1.165) is 28.0 Å². The Kier molecular flexibility index (Phi) is 22.9. The number of halogens is 1. The number of nitrogens with one attached hydrogen (secondary N) is 3. The quantitative estimate of drug-likeness (QED) is 0.0239. The number of carbonyl (C=O) groups is 1. The Morgan fingerprint density at radius 2 is 1.55 bits per heavy atom. The normalized spacial score (nSPS) is 13.4. The van der Waals surface area contributed by atoms with Crippen molar-refractivity contribution < 1.29 is 38.3 Å². The van der Waals surface area contributed by atoms with Gasteiger partial charge in [0.25, 0.3) is 5.56 Å². The van der Waals surface area contributed by atoms with E-state index in [1.165, 1.54) is 37.0 Å². The zero-order chi connectivity index (χ0) is 52.8. The van der Waals surface area contributed by atoms with Crippen molar-refractivity contribution in [1.82, 2.24) is 24.8 Å². The van der Waals surface area contributed by atoms with Crippen LogP contribution >= 0.6 is 23.5 Å². The third-order valence-electron chi connectivity index (χ3n) is 11.7. The average Bonchev–Trinajstić information content (AvgIpc) is 3.87. The van der Waals surface area contributed by atoms with E-state index < -0.39 is 0 Å². The summed E-state index contributed by atoms with van der Waals surface area (Å²) in [6.45, 7) is 16.0. The molecule has 19 heteroatoms. The van der Waals surface area contributed by atoms with E-state index >= 15 is 0 Å². The fourth-order valence-electron chi connectivity index (χ4n) is 8.84. The van der Waals surface area contributed by atoms with Gasteiger partial charge in [0.15, 0.2) is 6.29 Å². The first-order valence-electron chi connectivity index (χ1n) is 24.1. The molecule has 1 saturated carbocycles. The average molecular weight is 1040 g/mol. The van der Waals surface area contributed by atoms with Crippen LogP contribution in [0.3, 0.4) is 0 Å². The Balaban J connectivity index is 0.000000406. The molecule has 392 valence electrons. The lowest BCUT2D eigenvalue weighted by molar-refractivity contribution is -0.0364. The van der Waals surface area contributed by atoms with Crippen molar-refractivity contribution >= 4 is 52.4 Å². The van der Waals surface area contributed by atoms with Gasteiger partial charge in [-0.2, -0.15) is 5.26 Å². The summed E-state index contributed by atoms with van der Waals surface area (Å²) in [7, 11) is 5.67. The van der Waals surface area contributed by atoms with Crippen LogP contribution < -0.4 is 30.0 Å². The van der Waals surface area contributed by atoms with Crippen LogP contribution in [0.25, 0.3) is 22.0 Å². The van der Waals surface area contributed by atoms with Gasteiger partial charge < -0.3 is 58.0 Å². The number of benzene rings is 3. The predicted octanol–water partition coefficient (Wildman–Crippen LogP) is 9.54. The summed E-state index contributed by atoms with van der Waals surface area (Å²) in [5.41, 5.74) is 4.95. The molecule has 7 rings (SSSR count). The van der Waals surface area contributed by atoms with Crippen molar-refractivity contribution in [2.75, 3.05) is 95.5 Å². The van der Waals surface area contributed by atoms with Gasteiger partial charge in [0.2, 0.25) is 5.95 Å². The number of hydrogen-bond acceptors (Lipinski definition) is 16. The Labute approximate surface area is 437 Å². The lowest BCUT2D eigenvalue weighted by Gasteiger charge is -2.57. The Bertz CT molecular complexity index is 2750. The monoisotopic (exact) mass is 1040 g/mol. The number of phenolic OH excluding ortho intramolecular Hbond substituents is 1. The highest BCUT2D eigenvalue weighted by molar-refractivity contribution is 8.00. The number of rotatable bonds is 25. The molecule has 0 saturated heterocycles. The van der Waals surface area contributed by atoms with Gasteiger partial charge in [-0.15, -0.1) is 0 Å². The largest absolute Gasteiger partial charge is 0.508 e. The second-order valence-corrected chi connectivity index (χ2v) is 19.8. The molecule has 1 aliphatic rings. The van der Waals surface area contributed by atoms with Gasteiger partial charge in [0, 0.05) is 85.5 Å². The number of aromatic nitrogens is 4. The number of anilines is 2. The van der Waals surface area contributed by atoms with Gasteiger partial charge in [0.1, 0.15) is 41.2 Å². The molecule has 17 nitrogen and oxygen atoms in total. The SMILES string of the molecule is CCSNc1ccc(Oc2cccc(OCCOCCOCCOCCOCCN(C)c3ncc(C=O)cn3)c2)c(-c2cn(C)c(=O)c3[nH]ccc23)c1.CNC1C(C)(C)CC1(C)C.N#Cc1ccc(O)cc1Cl. The van der Waals surface area contributed by atoms with Crippen LogP contribution in [-0.4, -0.2) is 123 Å². The van der Waals surface area contributed by atoms with Gasteiger partial charge in [-0.3, -0.25) is 9.59 Å². The van der Waals surface area contributed by atoms with Gasteiger partial charge in [0.05, 0.1) is 69.0 Å². The number of aromatic hydroxyl groups is 1. The summed E-state index contributed by atoms with van der Waals surface area (Å²) < 4.78 is 39.7. The second kappa shape index (κ2) is 28.9. The molecular formula is C54H69ClN8O9S. The smallest absolute Gasteiger partial charge is 0.274 e. The molecule has 3 heterocycles. The van der Waals surface area contributed by atoms with Crippen LogP contribution in [0.4, 0.5) is 11.6 Å². The van der Waals surface area contributed by atoms with Gasteiger partial charge in [-0.05, 0) is 78.9 Å². The Hall–Kier alpha value is -6.17. The maximum Gasteiger partial charge on any atom is 0.274 e. The van der Waals surface area contributed by atoms with Crippen LogP contribution in [0.15, 0.2) is 96.3 Å². The minimum atomic E-state index is -0.0913. The number of carbonyl (C=O) groups excluding carboxylic acids is 1. The van der Waals surface area contributed by atoms with Crippen LogP contribution in [0.2, 0.25) is 5.02 Å². The van der Waals surface area contributed by atoms with Crippen molar-refractivity contribution in [3.8, 4) is 40.2 Å². The first-order chi connectivity index (χ1) is 35.1. The van der Waals surface area contributed by atoms with E-state index in [1.54, 1.807) is 29.8 Å². The number of likely N-dealkylation sites (N-methyl/N-ethyl adjacent to an activating group) is 1. The molecule has 1 aliphatic carbocycles. The number of nitrogens with zero attached hydrogens (tertiary/aromatic N) is 5. The van der Waals surface area contributed by atoms with E-state index in [2.05, 4.69) is 66.7 Å². The molecule has 73 heavy (non-hydrogen) atoms. The van der Waals surface area contributed by atoms with Crippen molar-refractivity contribution in [2.45, 2.75) is 47.1 Å². The summed E-state index contributed by atoms with van der Waals surface area (Å²) in [6.07, 6.45) is 8.65. The summed E-state index contributed by atoms with van der Waals surface area (Å²) >= 11 is 7.15. The van der Waals surface area contributed by atoms with Crippen LogP contribution in [-0.2, 0) is 26.0 Å². The maximum atomic E-state index is 12.7. The van der Waals surface area contributed by atoms with Gasteiger partial charge >= 0.3 is 0 Å². The number of fused-ring (bicyclic) bond motifs is 1. The molecule has 0 radical (unpaired) electrons. The van der Waals surface area contributed by atoms with E-state index in [0.29, 0.717) is 129 Å². The minimum Gasteiger partial charge on any atom is -0.508 e. The molecule has 0 bridgehead atoms. The number of aryl methyl sites for hydroxylation is 1. The highest BCUT2D eigenvalue weighted by Gasteiger charge is 2.51. The molecule has 3 aromatic heterocycles. The number of aldehydes is 1. The Morgan fingerprint density at radius 1 is 0.904 bits per heavy atom. The van der Waals surface area contributed by atoms with Crippen molar-refractivity contribution in [3.05, 3.63) is 118 Å². The molecule has 6 aromatic rings. The van der Waals surface area contributed by atoms with Crippen molar-refractivity contribution in [2.24, 2.45) is 17.9 Å². The molecule has 0 atom stereocenters. The fourth-order valence-corrected chi connectivity index (χ4v) is 9.49. The summed E-state index contributed by atoms with van der Waals surface area (Å²) in [4.78, 5) is 36.7. The highest BCUT2D eigenvalue weighted by Crippen LogP contribution is 2.53. The standard InChI is InChI=1S/C38H46N6O8S.C9H19N.C7H4ClNO/c1-4-53-42-29-8-9-35(33(22-29)34-26-44(3)37(46)36-32(34)10-11-39-36)52-31-7-5-6-30(23-31)51-21-20-50-19-18-49-17-16-48-15-14-47-13-12-43(2)38-40-24-28(27-45)25-41-38;1-8(2)6-9(3,4)7(8)10-5;8-7-3-6(10)2-1-5(7)4-9/h5-11,22-27,39,42H,4,12-21H2,1-3H3;7,10H,6H2,1-5H3;1-3,10H. The molecule has 1 fully saturated rings. The second-order valence-electron chi connectivity index (χ2n) is 18.4. The number of phenols is 1. The van der Waals surface area contributed by atoms with Crippen LogP contribution in [0.5, 0.6) is 23.0 Å². The maximum absolute atomic E-state index is 12.7. The van der Waals surface area contributed by atoms with Crippen molar-refractivity contribution in [3.63, 3.8) is 0 Å². The molecule has 0 aliphatic heterocycles. The topological polar surface area (TPSA) is 207 Å². The van der Waals surface area contributed by atoms with Crippen LogP contribution in [0.1, 0.15) is 57.0 Å². The lowest BCUT2D eigenvalue weighted by atomic mass is 9.52. The number of H-pyrrole nitrogens is 1. The third-order valence-corrected chi connectivity index (χ3v) is 12.7. The molecule has 0 unspecified atom stereocenters. The van der Waals surface area contributed by atoms with Crippen molar-refractivity contribution in [1.29, 1.82) is 5.26 Å². The lowest BCUT2D eigenvalue weighted by Crippen LogP contribution is -2.61. The molecule has 0 amide bonds. The van der Waals surface area contributed by atoms with E-state index in [1.807, 2.05) is 72.7 Å². The molecule has 4 N–H and O–H groups in total. The number of nitriles is 1. The molecule has 3 aromatic carbocycles. The van der Waals surface area contributed by atoms with Crippen LogP contribution in [0, 0.1) is 22.2 Å². The van der Waals surface area contributed by atoms with E-state index in [9.17, 15) is 9.59 Å². The summed E-state index contributed by atoms with van der Waals surface area (Å²) in [5, 5.41) is 21.7. The highest BCUT2D eigenvalue weighted by atomic mass is 35.5. The molecule has 0 spiro atoms. The number of ether oxygens (including phenoxy) is 6. The Morgan fingerprint density at radius 3 is 2.14 bits per heavy atom. The first kappa shape index (κ1) is 57.7. The van der Waals surface area contributed by atoms with Gasteiger partial charge in [-0.1, -0.05) is 64.2 Å². The summed E-state index contributed by atoms with van der Waals surface area (Å²) in [5.74, 6) is 3.44. The number of hydrogen-bond donors (Lipinski definition) is 4. The fraction of sp³-hybridized carbons (Fsp3) is 0.426.